The van der Waals surface area contributed by atoms with Gasteiger partial charge in [0.2, 0.25) is 6.41 Å². The summed E-state index contributed by atoms with van der Waals surface area (Å²) in [6.45, 7) is 14.9. The Hall–Kier alpha value is -4.27. The van der Waals surface area contributed by atoms with E-state index in [9.17, 15) is 14.4 Å². The topological polar surface area (TPSA) is 168 Å². The second-order valence-electron chi connectivity index (χ2n) is 14.5. The monoisotopic (exact) mass is 844 g/mol. The number of nitrogens with one attached hydrogen (secondary N) is 2. The summed E-state index contributed by atoms with van der Waals surface area (Å²) in [7, 11) is 0. The molecule has 0 saturated carbocycles. The van der Waals surface area contributed by atoms with Crippen molar-refractivity contribution in [2.45, 2.75) is 71.4 Å². The average Bonchev–Trinajstić information content (AvgIpc) is 3.21. The minimum atomic E-state index is -0.753. The zero-order valence-electron chi connectivity index (χ0n) is 36.1. The summed E-state index contributed by atoms with van der Waals surface area (Å²) in [6, 6.07) is 13.1. The molecular formula is C45H68N2O13. The van der Waals surface area contributed by atoms with E-state index in [1.54, 1.807) is 0 Å². The molecule has 0 aliphatic heterocycles. The molecule has 0 radical (unpaired) electrons. The van der Waals surface area contributed by atoms with Crippen molar-refractivity contribution < 1.29 is 61.8 Å². The van der Waals surface area contributed by atoms with Gasteiger partial charge in [-0.2, -0.15) is 0 Å². The Bertz CT molecular complexity index is 1480. The first kappa shape index (κ1) is 51.9. The van der Waals surface area contributed by atoms with E-state index < -0.39 is 23.7 Å². The van der Waals surface area contributed by atoms with Crippen LogP contribution < -0.4 is 15.4 Å². The molecule has 1 atom stereocenters. The number of ether oxygens (including phenoxy) is 10. The number of amides is 2. The second-order valence-corrected chi connectivity index (χ2v) is 14.5. The van der Waals surface area contributed by atoms with Crippen molar-refractivity contribution in [2.75, 3.05) is 112 Å². The number of alkyl carbamates (subject to hydrolysis) is 1. The predicted molar refractivity (Wildman–Crippen MR) is 227 cm³/mol. The highest BCUT2D eigenvalue weighted by atomic mass is 16.6. The molecule has 0 spiro atoms. The van der Waals surface area contributed by atoms with Crippen LogP contribution in [0.2, 0.25) is 0 Å². The van der Waals surface area contributed by atoms with Crippen molar-refractivity contribution in [3.63, 3.8) is 0 Å². The third-order valence-electron chi connectivity index (χ3n) is 8.31. The molecule has 2 aromatic rings. The van der Waals surface area contributed by atoms with Gasteiger partial charge in [0.1, 0.15) is 24.0 Å². The molecule has 0 saturated heterocycles. The summed E-state index contributed by atoms with van der Waals surface area (Å²) in [5.41, 5.74) is 3.54. The molecule has 0 unspecified atom stereocenters. The van der Waals surface area contributed by atoms with Gasteiger partial charge < -0.3 is 58.0 Å². The highest BCUT2D eigenvalue weighted by Crippen LogP contribution is 2.27. The molecule has 0 aromatic heterocycles. The van der Waals surface area contributed by atoms with E-state index in [4.69, 9.17) is 53.8 Å². The molecule has 2 N–H and O–H groups in total. The summed E-state index contributed by atoms with van der Waals surface area (Å²) in [5, 5.41) is 5.21. The molecule has 15 heteroatoms. The van der Waals surface area contributed by atoms with Crippen LogP contribution in [0.5, 0.6) is 5.75 Å². The van der Waals surface area contributed by atoms with Gasteiger partial charge in [-0.1, -0.05) is 30.3 Å². The maximum Gasteiger partial charge on any atom is 0.407 e. The lowest BCUT2D eigenvalue weighted by molar-refractivity contribution is -0.147. The highest BCUT2D eigenvalue weighted by Gasteiger charge is 2.20. The van der Waals surface area contributed by atoms with Crippen molar-refractivity contribution in [1.82, 2.24) is 10.6 Å². The SMILES string of the molecule is C#CCCCCCOC(=O)[C@H](Cc1ccc(-c2ccc(OCCOCCOCCOCCOCCOCCOCCOCCNC(=O)OC(C)(C)C)cc2C)cc1)NC=O. The van der Waals surface area contributed by atoms with Crippen LogP contribution in [0, 0.1) is 19.3 Å². The fourth-order valence-electron chi connectivity index (χ4n) is 5.36. The lowest BCUT2D eigenvalue weighted by Gasteiger charge is -2.19. The van der Waals surface area contributed by atoms with Crippen LogP contribution >= 0.6 is 0 Å². The largest absolute Gasteiger partial charge is 0.491 e. The van der Waals surface area contributed by atoms with Gasteiger partial charge in [-0.3, -0.25) is 4.79 Å². The quantitative estimate of drug-likeness (QED) is 0.0404. The van der Waals surface area contributed by atoms with Crippen LogP contribution in [-0.2, 0) is 58.6 Å². The fourth-order valence-corrected chi connectivity index (χ4v) is 5.36. The standard InChI is InChI=1S/C45H68N2O13/c1-6-7-8-9-10-18-59-43(49)42(47-36-48)35-38-11-13-39(14-12-38)41-16-15-40(34-37(41)2)58-33-32-57-31-30-56-29-28-55-27-26-54-25-24-53-23-22-52-21-20-51-19-17-46-44(50)60-45(3,4)5/h1,11-16,34,36,42H,7-10,17-33,35H2,2-5H3,(H,46,50)(H,47,48)/t42-/m0/s1. The zero-order chi connectivity index (χ0) is 43.5. The van der Waals surface area contributed by atoms with Crippen LogP contribution in [0.1, 0.15) is 57.6 Å². The smallest absolute Gasteiger partial charge is 0.407 e. The molecule has 0 heterocycles. The number of carbonyl (C=O) groups excluding carboxylic acids is 3. The van der Waals surface area contributed by atoms with Crippen molar-refractivity contribution in [2.24, 2.45) is 0 Å². The average molecular weight is 845 g/mol. The molecule has 60 heavy (non-hydrogen) atoms. The Labute approximate surface area is 356 Å². The van der Waals surface area contributed by atoms with Gasteiger partial charge in [-0.05, 0) is 81.3 Å². The molecule has 0 aliphatic rings. The summed E-state index contributed by atoms with van der Waals surface area (Å²) in [4.78, 5) is 35.2. The Morgan fingerprint density at radius 3 is 1.73 bits per heavy atom. The van der Waals surface area contributed by atoms with Crippen molar-refractivity contribution in [3.05, 3.63) is 53.6 Å². The van der Waals surface area contributed by atoms with Crippen molar-refractivity contribution in [1.29, 1.82) is 0 Å². The van der Waals surface area contributed by atoms with Crippen molar-refractivity contribution >= 4 is 18.5 Å². The van der Waals surface area contributed by atoms with E-state index in [2.05, 4.69) is 16.6 Å². The molecular weight excluding hydrogens is 776 g/mol. The number of hydrogen-bond donors (Lipinski definition) is 2. The van der Waals surface area contributed by atoms with Gasteiger partial charge in [0.05, 0.1) is 99.1 Å². The molecule has 0 aliphatic carbocycles. The van der Waals surface area contributed by atoms with E-state index in [-0.39, 0.29) is 0 Å². The van der Waals surface area contributed by atoms with Crippen LogP contribution in [0.25, 0.3) is 11.1 Å². The van der Waals surface area contributed by atoms with Crippen LogP contribution in [0.3, 0.4) is 0 Å². The zero-order valence-corrected chi connectivity index (χ0v) is 36.1. The maximum absolute atomic E-state index is 12.6. The first-order valence-electron chi connectivity index (χ1n) is 20.8. The molecule has 336 valence electrons. The van der Waals surface area contributed by atoms with E-state index in [0.29, 0.717) is 132 Å². The van der Waals surface area contributed by atoms with E-state index in [0.717, 1.165) is 47.3 Å². The number of aryl methyl sites for hydroxylation is 1. The van der Waals surface area contributed by atoms with Crippen LogP contribution in [0.15, 0.2) is 42.5 Å². The summed E-state index contributed by atoms with van der Waals surface area (Å²) in [5.74, 6) is 2.91. The fraction of sp³-hybridized carbons (Fsp3) is 0.622. The number of hydrogen-bond acceptors (Lipinski definition) is 13. The van der Waals surface area contributed by atoms with E-state index in [1.165, 1.54) is 0 Å². The van der Waals surface area contributed by atoms with Crippen molar-refractivity contribution in [3.8, 4) is 29.2 Å². The normalized spacial score (nSPS) is 11.7. The lowest BCUT2D eigenvalue weighted by atomic mass is 9.97. The van der Waals surface area contributed by atoms with Gasteiger partial charge in [-0.15, -0.1) is 12.3 Å². The Morgan fingerprint density at radius 2 is 1.23 bits per heavy atom. The van der Waals surface area contributed by atoms with E-state index >= 15 is 0 Å². The predicted octanol–water partition coefficient (Wildman–Crippen LogP) is 5.08. The summed E-state index contributed by atoms with van der Waals surface area (Å²) < 4.78 is 55.0. The highest BCUT2D eigenvalue weighted by molar-refractivity contribution is 5.78. The minimum Gasteiger partial charge on any atom is -0.491 e. The third-order valence-corrected chi connectivity index (χ3v) is 8.31. The van der Waals surface area contributed by atoms with Gasteiger partial charge in [0.15, 0.2) is 0 Å². The molecule has 0 bridgehead atoms. The summed E-state index contributed by atoms with van der Waals surface area (Å²) in [6.07, 6.45) is 8.90. The Balaban J connectivity index is 1.42. The molecule has 15 nitrogen and oxygen atoms in total. The van der Waals surface area contributed by atoms with Crippen LogP contribution in [-0.4, -0.2) is 142 Å². The summed E-state index contributed by atoms with van der Waals surface area (Å²) >= 11 is 0. The molecule has 2 rings (SSSR count). The number of benzene rings is 2. The first-order chi connectivity index (χ1) is 29.1. The van der Waals surface area contributed by atoms with Gasteiger partial charge >= 0.3 is 12.1 Å². The first-order valence-corrected chi connectivity index (χ1v) is 20.8. The van der Waals surface area contributed by atoms with Crippen LogP contribution in [0.4, 0.5) is 4.79 Å². The number of carbonyl (C=O) groups is 3. The van der Waals surface area contributed by atoms with Gasteiger partial charge in [0, 0.05) is 19.4 Å². The van der Waals surface area contributed by atoms with Gasteiger partial charge in [-0.25, -0.2) is 9.59 Å². The number of rotatable bonds is 36. The maximum atomic E-state index is 12.6. The second kappa shape index (κ2) is 33.4. The number of esters is 1. The Morgan fingerprint density at radius 1 is 0.700 bits per heavy atom. The number of terminal acetylenes is 1. The Kier molecular flexibility index (Phi) is 28.9. The number of unbranched alkanes of at least 4 members (excludes halogenated alkanes) is 3. The molecule has 0 fully saturated rings. The molecule has 2 amide bonds. The third kappa shape index (κ3) is 26.8. The molecule has 2 aromatic carbocycles. The lowest BCUT2D eigenvalue weighted by Crippen LogP contribution is -2.39. The van der Waals surface area contributed by atoms with Gasteiger partial charge in [0.25, 0.3) is 0 Å². The van der Waals surface area contributed by atoms with E-state index in [1.807, 2.05) is 70.2 Å². The minimum absolute atomic E-state index is 0.301.